The van der Waals surface area contributed by atoms with Crippen molar-refractivity contribution in [1.82, 2.24) is 0 Å². The maximum absolute atomic E-state index is 12.3. The predicted molar refractivity (Wildman–Crippen MR) is 50.6 cm³/mol. The lowest BCUT2D eigenvalue weighted by molar-refractivity contribution is -0.137. The van der Waals surface area contributed by atoms with Crippen LogP contribution in [0.4, 0.5) is 13.2 Å². The second-order valence-electron chi connectivity index (χ2n) is 3.66. The fourth-order valence-electron chi connectivity index (χ4n) is 0.960. The molecule has 1 rings (SSSR count). The van der Waals surface area contributed by atoms with Gasteiger partial charge in [0.25, 0.3) is 0 Å². The molecule has 1 radical (unpaired) electrons. The average Bonchev–Trinajstić information content (AvgIpc) is 2.14. The Morgan fingerprint density at radius 2 is 2.00 bits per heavy atom. The Morgan fingerprint density at radius 1 is 1.33 bits per heavy atom. The summed E-state index contributed by atoms with van der Waals surface area (Å²) in [6.07, 6.45) is -4.34. The first-order valence-corrected chi connectivity index (χ1v) is 4.60. The molecule has 0 N–H and O–H groups in total. The van der Waals surface area contributed by atoms with Gasteiger partial charge >= 0.3 is 6.18 Å². The molecule has 0 heterocycles. The molecule has 0 aliphatic rings. The van der Waals surface area contributed by atoms with Gasteiger partial charge in [-0.2, -0.15) is 13.2 Å². The summed E-state index contributed by atoms with van der Waals surface area (Å²) in [5.41, 5.74) is -0.733. The van der Waals surface area contributed by atoms with Crippen molar-refractivity contribution in [2.45, 2.75) is 20.0 Å². The lowest BCUT2D eigenvalue weighted by Gasteiger charge is -2.11. The molecule has 0 bridgehead atoms. The highest BCUT2D eigenvalue weighted by Crippen LogP contribution is 2.31. The second kappa shape index (κ2) is 4.55. The third-order valence-corrected chi connectivity index (χ3v) is 1.67. The average molecular weight is 217 g/mol. The van der Waals surface area contributed by atoms with E-state index < -0.39 is 11.7 Å². The van der Waals surface area contributed by atoms with E-state index in [1.165, 1.54) is 6.07 Å². The molecule has 0 amide bonds. The van der Waals surface area contributed by atoms with Gasteiger partial charge in [0.15, 0.2) is 0 Å². The highest BCUT2D eigenvalue weighted by atomic mass is 19.4. The fourth-order valence-corrected chi connectivity index (χ4v) is 0.960. The van der Waals surface area contributed by atoms with Crippen LogP contribution in [0.3, 0.4) is 0 Å². The van der Waals surface area contributed by atoms with E-state index >= 15 is 0 Å². The number of ether oxygens (including phenoxy) is 1. The largest absolute Gasteiger partial charge is 0.493 e. The Balaban J connectivity index is 2.75. The van der Waals surface area contributed by atoms with Crippen molar-refractivity contribution in [3.8, 4) is 5.75 Å². The Bertz CT molecular complexity index is 318. The summed E-state index contributed by atoms with van der Waals surface area (Å²) in [6, 6.07) is 5.71. The molecule has 0 fully saturated rings. The molecule has 1 aromatic carbocycles. The standard InChI is InChI=1S/C11H12F3O/c1-8(2)7-15-10-5-3-4-9(6-10)11(12,13)14/h4-6,8H,7H2,1-2H3. The van der Waals surface area contributed by atoms with E-state index in [-0.39, 0.29) is 11.7 Å². The highest BCUT2D eigenvalue weighted by molar-refractivity contribution is 5.29. The molecule has 0 aromatic heterocycles. The van der Waals surface area contributed by atoms with Gasteiger partial charge in [0.1, 0.15) is 5.75 Å². The summed E-state index contributed by atoms with van der Waals surface area (Å²) in [6.45, 7) is 4.25. The number of alkyl halides is 3. The van der Waals surface area contributed by atoms with Crippen molar-refractivity contribution in [2.75, 3.05) is 6.61 Å². The molecule has 15 heavy (non-hydrogen) atoms. The summed E-state index contributed by atoms with van der Waals surface area (Å²) in [7, 11) is 0. The van der Waals surface area contributed by atoms with Crippen LogP contribution < -0.4 is 4.74 Å². The van der Waals surface area contributed by atoms with Gasteiger partial charge in [-0.1, -0.05) is 13.8 Å². The molecular formula is C11H12F3O. The first kappa shape index (κ1) is 11.9. The van der Waals surface area contributed by atoms with E-state index in [1.54, 1.807) is 0 Å². The Labute approximate surface area is 86.9 Å². The molecule has 1 aromatic rings. The Morgan fingerprint density at radius 3 is 2.53 bits per heavy atom. The molecule has 1 nitrogen and oxygen atoms in total. The number of hydrogen-bond donors (Lipinski definition) is 0. The van der Waals surface area contributed by atoms with Crippen molar-refractivity contribution >= 4 is 0 Å². The fraction of sp³-hybridized carbons (Fsp3) is 0.455. The van der Waals surface area contributed by atoms with E-state index in [4.69, 9.17) is 4.74 Å². The highest BCUT2D eigenvalue weighted by Gasteiger charge is 2.30. The van der Waals surface area contributed by atoms with Crippen LogP contribution in [-0.2, 0) is 6.18 Å². The Kier molecular flexibility index (Phi) is 3.61. The normalized spacial score (nSPS) is 11.9. The monoisotopic (exact) mass is 217 g/mol. The van der Waals surface area contributed by atoms with Gasteiger partial charge in [0, 0.05) is 0 Å². The first-order chi connectivity index (χ1) is 6.89. The lowest BCUT2D eigenvalue weighted by Crippen LogP contribution is -2.07. The van der Waals surface area contributed by atoms with Crippen molar-refractivity contribution in [1.29, 1.82) is 0 Å². The van der Waals surface area contributed by atoms with Crippen LogP contribution in [0.2, 0.25) is 0 Å². The SMILES string of the molecule is CC(C)COc1c[c]cc(C(F)(F)F)c1. The number of benzene rings is 1. The summed E-state index contributed by atoms with van der Waals surface area (Å²) >= 11 is 0. The smallest absolute Gasteiger partial charge is 0.416 e. The van der Waals surface area contributed by atoms with Crippen LogP contribution in [0.15, 0.2) is 18.2 Å². The van der Waals surface area contributed by atoms with E-state index in [0.29, 0.717) is 6.61 Å². The van der Waals surface area contributed by atoms with Crippen molar-refractivity contribution in [3.05, 3.63) is 29.8 Å². The Hall–Kier alpha value is -1.19. The quantitative estimate of drug-likeness (QED) is 0.752. The van der Waals surface area contributed by atoms with E-state index in [2.05, 4.69) is 6.07 Å². The molecule has 0 aliphatic carbocycles. The van der Waals surface area contributed by atoms with Crippen molar-refractivity contribution in [2.24, 2.45) is 5.92 Å². The van der Waals surface area contributed by atoms with E-state index in [1.807, 2.05) is 13.8 Å². The minimum absolute atomic E-state index is 0.207. The molecule has 0 spiro atoms. The molecular weight excluding hydrogens is 205 g/mol. The van der Waals surface area contributed by atoms with Gasteiger partial charge in [-0.25, -0.2) is 0 Å². The number of hydrogen-bond acceptors (Lipinski definition) is 1. The first-order valence-electron chi connectivity index (χ1n) is 4.60. The second-order valence-corrected chi connectivity index (χ2v) is 3.66. The maximum atomic E-state index is 12.3. The predicted octanol–water partition coefficient (Wildman–Crippen LogP) is 3.54. The van der Waals surface area contributed by atoms with Gasteiger partial charge in [0.2, 0.25) is 0 Å². The molecule has 0 saturated carbocycles. The van der Waals surface area contributed by atoms with Crippen LogP contribution in [-0.4, -0.2) is 6.61 Å². The third-order valence-electron chi connectivity index (χ3n) is 1.67. The molecule has 0 atom stereocenters. The zero-order valence-electron chi connectivity index (χ0n) is 8.56. The molecule has 0 unspecified atom stereocenters. The topological polar surface area (TPSA) is 9.23 Å². The zero-order valence-corrected chi connectivity index (χ0v) is 8.56. The van der Waals surface area contributed by atoms with Crippen molar-refractivity contribution < 1.29 is 17.9 Å². The zero-order chi connectivity index (χ0) is 11.5. The number of halogens is 3. The van der Waals surface area contributed by atoms with Gasteiger partial charge in [-0.3, -0.25) is 0 Å². The van der Waals surface area contributed by atoms with Crippen LogP contribution in [0, 0.1) is 12.0 Å². The summed E-state index contributed by atoms with van der Waals surface area (Å²) in [5, 5.41) is 0. The van der Waals surface area contributed by atoms with E-state index in [0.717, 1.165) is 12.1 Å². The minimum Gasteiger partial charge on any atom is -0.493 e. The molecule has 4 heteroatoms. The minimum atomic E-state index is -4.34. The van der Waals surface area contributed by atoms with Crippen molar-refractivity contribution in [3.63, 3.8) is 0 Å². The van der Waals surface area contributed by atoms with Crippen LogP contribution >= 0.6 is 0 Å². The van der Waals surface area contributed by atoms with Gasteiger partial charge in [-0.15, -0.1) is 0 Å². The van der Waals surface area contributed by atoms with Gasteiger partial charge in [0.05, 0.1) is 12.2 Å². The van der Waals surface area contributed by atoms with Gasteiger partial charge in [-0.05, 0) is 30.2 Å². The van der Waals surface area contributed by atoms with Crippen LogP contribution in [0.25, 0.3) is 0 Å². The summed E-state index contributed by atoms with van der Waals surface area (Å²) in [4.78, 5) is 0. The van der Waals surface area contributed by atoms with Crippen LogP contribution in [0.1, 0.15) is 19.4 Å². The molecule has 83 valence electrons. The molecule has 0 aliphatic heterocycles. The lowest BCUT2D eigenvalue weighted by atomic mass is 10.2. The number of rotatable bonds is 3. The van der Waals surface area contributed by atoms with Gasteiger partial charge < -0.3 is 4.74 Å². The summed E-state index contributed by atoms with van der Waals surface area (Å²) < 4.78 is 42.0. The third kappa shape index (κ3) is 3.81. The summed E-state index contributed by atoms with van der Waals surface area (Å²) in [5.74, 6) is 0.484. The van der Waals surface area contributed by atoms with Crippen LogP contribution in [0.5, 0.6) is 5.75 Å². The maximum Gasteiger partial charge on any atom is 0.416 e. The van der Waals surface area contributed by atoms with E-state index in [9.17, 15) is 13.2 Å². The molecule has 0 saturated heterocycles.